The molecule has 1 saturated carbocycles. The number of fused-ring (bicyclic) bond motifs is 1. The Morgan fingerprint density at radius 3 is 2.65 bits per heavy atom. The van der Waals surface area contributed by atoms with Crippen molar-refractivity contribution in [3.63, 3.8) is 0 Å². The van der Waals surface area contributed by atoms with E-state index < -0.39 is 0 Å². The lowest BCUT2D eigenvalue weighted by atomic mass is 9.80. The third kappa shape index (κ3) is 2.84. The van der Waals surface area contributed by atoms with Gasteiger partial charge in [0.05, 0.1) is 12.6 Å². The summed E-state index contributed by atoms with van der Waals surface area (Å²) < 4.78 is 0. The molecule has 2 aromatic carbocycles. The Bertz CT molecular complexity index is 881. The van der Waals surface area contributed by atoms with E-state index in [2.05, 4.69) is 29.2 Å². The highest BCUT2D eigenvalue weighted by Crippen LogP contribution is 2.49. The minimum atomic E-state index is 0.119. The zero-order valence-electron chi connectivity index (χ0n) is 15.1. The second kappa shape index (κ2) is 6.49. The van der Waals surface area contributed by atoms with Gasteiger partial charge in [-0.1, -0.05) is 37.3 Å². The number of nitrogens with one attached hydrogen (secondary N) is 1. The lowest BCUT2D eigenvalue weighted by Gasteiger charge is -2.46. The largest absolute Gasteiger partial charge is 0.379 e. The molecule has 2 aromatic rings. The summed E-state index contributed by atoms with van der Waals surface area (Å²) in [5.41, 5.74) is 3.76. The van der Waals surface area contributed by atoms with Crippen molar-refractivity contribution >= 4 is 23.0 Å². The Labute approximate surface area is 154 Å². The summed E-state index contributed by atoms with van der Waals surface area (Å²) in [5, 5.41) is 3.65. The molecule has 1 amide bonds. The van der Waals surface area contributed by atoms with Crippen molar-refractivity contribution in [1.29, 1.82) is 0 Å². The van der Waals surface area contributed by atoms with Crippen LogP contribution in [-0.4, -0.2) is 11.9 Å². The van der Waals surface area contributed by atoms with Crippen LogP contribution in [0.25, 0.3) is 4.85 Å². The molecule has 0 unspecified atom stereocenters. The van der Waals surface area contributed by atoms with E-state index in [1.807, 2.05) is 41.3 Å². The molecular formula is C22H23N3O. The van der Waals surface area contributed by atoms with Gasteiger partial charge in [-0.3, -0.25) is 4.79 Å². The molecule has 4 heteroatoms. The van der Waals surface area contributed by atoms with Crippen LogP contribution >= 0.6 is 0 Å². The fraction of sp³-hybridized carbons (Fsp3) is 0.364. The number of anilines is 2. The van der Waals surface area contributed by atoms with Crippen molar-refractivity contribution in [2.75, 3.05) is 10.2 Å². The topological polar surface area (TPSA) is 36.7 Å². The highest BCUT2D eigenvalue weighted by molar-refractivity contribution is 5.94. The molecule has 1 aliphatic heterocycles. The Morgan fingerprint density at radius 1 is 1.19 bits per heavy atom. The van der Waals surface area contributed by atoms with Gasteiger partial charge < -0.3 is 10.2 Å². The first-order valence-corrected chi connectivity index (χ1v) is 9.23. The monoisotopic (exact) mass is 345 g/mol. The number of hydrogen-bond acceptors (Lipinski definition) is 2. The lowest BCUT2D eigenvalue weighted by Crippen LogP contribution is -2.51. The average Bonchev–Trinajstić information content (AvgIpc) is 3.48. The van der Waals surface area contributed by atoms with Gasteiger partial charge in [0.15, 0.2) is 5.69 Å². The summed E-state index contributed by atoms with van der Waals surface area (Å²) in [7, 11) is 0. The number of benzene rings is 2. The van der Waals surface area contributed by atoms with Crippen LogP contribution in [0.4, 0.5) is 17.1 Å². The minimum absolute atomic E-state index is 0.119. The number of amides is 1. The van der Waals surface area contributed by atoms with Crippen molar-refractivity contribution < 1.29 is 4.79 Å². The zero-order chi connectivity index (χ0) is 18.3. The average molecular weight is 345 g/mol. The molecule has 0 spiro atoms. The normalized spacial score (nSPS) is 24.5. The Morgan fingerprint density at radius 2 is 1.96 bits per heavy atom. The third-order valence-electron chi connectivity index (χ3n) is 5.64. The fourth-order valence-corrected chi connectivity index (χ4v) is 4.36. The molecule has 0 saturated heterocycles. The summed E-state index contributed by atoms with van der Waals surface area (Å²) in [6.45, 7) is 11.2. The van der Waals surface area contributed by atoms with Crippen LogP contribution in [0, 0.1) is 18.4 Å². The zero-order valence-corrected chi connectivity index (χ0v) is 15.1. The summed E-state index contributed by atoms with van der Waals surface area (Å²) >= 11 is 0. The molecule has 132 valence electrons. The van der Waals surface area contributed by atoms with E-state index in [4.69, 9.17) is 6.57 Å². The molecular weight excluding hydrogens is 322 g/mol. The van der Waals surface area contributed by atoms with E-state index >= 15 is 0 Å². The molecule has 0 radical (unpaired) electrons. The van der Waals surface area contributed by atoms with E-state index in [9.17, 15) is 4.79 Å². The first kappa shape index (κ1) is 16.7. The van der Waals surface area contributed by atoms with E-state index in [1.165, 1.54) is 12.8 Å². The molecule has 4 rings (SSSR count). The van der Waals surface area contributed by atoms with Gasteiger partial charge in [-0.15, -0.1) is 0 Å². The first-order chi connectivity index (χ1) is 12.6. The Kier molecular flexibility index (Phi) is 4.16. The van der Waals surface area contributed by atoms with Gasteiger partial charge in [0, 0.05) is 30.3 Å². The van der Waals surface area contributed by atoms with Gasteiger partial charge in [-0.05, 0) is 42.5 Å². The summed E-state index contributed by atoms with van der Waals surface area (Å²) in [6.07, 6.45) is 2.39. The van der Waals surface area contributed by atoms with Crippen molar-refractivity contribution in [2.24, 2.45) is 11.8 Å². The minimum Gasteiger partial charge on any atom is -0.379 e. The molecule has 1 aliphatic carbocycles. The predicted molar refractivity (Wildman–Crippen MR) is 104 cm³/mol. The fourth-order valence-electron chi connectivity index (χ4n) is 4.36. The highest BCUT2D eigenvalue weighted by atomic mass is 16.2. The second-order valence-electron chi connectivity index (χ2n) is 7.42. The number of carbonyl (C=O) groups is 1. The van der Waals surface area contributed by atoms with Gasteiger partial charge in [0.2, 0.25) is 5.91 Å². The quantitative estimate of drug-likeness (QED) is 0.779. The van der Waals surface area contributed by atoms with E-state index in [0.29, 0.717) is 11.6 Å². The van der Waals surface area contributed by atoms with E-state index in [0.717, 1.165) is 16.9 Å². The van der Waals surface area contributed by atoms with Crippen LogP contribution < -0.4 is 10.2 Å². The van der Waals surface area contributed by atoms with Crippen molar-refractivity contribution in [3.8, 4) is 0 Å². The Balaban J connectivity index is 1.76. The number of carbonyl (C=O) groups excluding carboxylic acids is 1. The maximum atomic E-state index is 12.5. The van der Waals surface area contributed by atoms with Gasteiger partial charge in [-0.2, -0.15) is 0 Å². The number of para-hydroxylation sites is 1. The SMILES string of the molecule is [C-]#[N+]c1cccc(N[C@H]2c3ccccc3N(C(C)=O)[C@@H](C3CC3)[C@@H]2C)c1. The predicted octanol–water partition coefficient (Wildman–Crippen LogP) is 5.17. The van der Waals surface area contributed by atoms with Gasteiger partial charge in [0.25, 0.3) is 0 Å². The molecule has 3 atom stereocenters. The highest BCUT2D eigenvalue weighted by Gasteiger charge is 2.47. The first-order valence-electron chi connectivity index (χ1n) is 9.23. The van der Waals surface area contributed by atoms with Crippen molar-refractivity contribution in [2.45, 2.75) is 38.8 Å². The van der Waals surface area contributed by atoms with Gasteiger partial charge >= 0.3 is 0 Å². The summed E-state index contributed by atoms with van der Waals surface area (Å²) in [4.78, 5) is 18.0. The van der Waals surface area contributed by atoms with E-state index in [1.54, 1.807) is 6.92 Å². The van der Waals surface area contributed by atoms with Crippen LogP contribution in [0.3, 0.4) is 0 Å². The van der Waals surface area contributed by atoms with Crippen LogP contribution in [0.1, 0.15) is 38.3 Å². The van der Waals surface area contributed by atoms with Crippen molar-refractivity contribution in [1.82, 2.24) is 0 Å². The van der Waals surface area contributed by atoms with Crippen LogP contribution in [-0.2, 0) is 4.79 Å². The molecule has 4 nitrogen and oxygen atoms in total. The maximum Gasteiger partial charge on any atom is 0.224 e. The molecule has 2 aliphatic rings. The standard InChI is InChI=1S/C22H23N3O/c1-14-21(24-18-8-6-7-17(13-18)23-3)19-9-4-5-10-20(19)25(15(2)26)22(14)16-11-12-16/h4-10,13-14,16,21-22,24H,11-12H2,1-2H3/t14-,21-,22-/m1/s1. The molecule has 26 heavy (non-hydrogen) atoms. The number of rotatable bonds is 3. The van der Waals surface area contributed by atoms with Gasteiger partial charge in [-0.25, -0.2) is 4.85 Å². The Hall–Kier alpha value is -2.80. The lowest BCUT2D eigenvalue weighted by molar-refractivity contribution is -0.117. The molecule has 1 heterocycles. The van der Waals surface area contributed by atoms with Gasteiger partial charge in [0.1, 0.15) is 0 Å². The van der Waals surface area contributed by atoms with Crippen molar-refractivity contribution in [3.05, 3.63) is 65.5 Å². The van der Waals surface area contributed by atoms with E-state index in [-0.39, 0.29) is 23.9 Å². The number of hydrogen-bond donors (Lipinski definition) is 1. The maximum absolute atomic E-state index is 12.5. The smallest absolute Gasteiger partial charge is 0.224 e. The summed E-state index contributed by atoms with van der Waals surface area (Å²) in [5.74, 6) is 0.994. The molecule has 1 fully saturated rings. The molecule has 0 bridgehead atoms. The molecule has 0 aromatic heterocycles. The third-order valence-corrected chi connectivity index (χ3v) is 5.64. The molecule has 1 N–H and O–H groups in total. The summed E-state index contributed by atoms with van der Waals surface area (Å²) in [6, 6.07) is 16.2. The number of nitrogens with zero attached hydrogens (tertiary/aromatic N) is 2. The second-order valence-corrected chi connectivity index (χ2v) is 7.42. The van der Waals surface area contributed by atoms with Crippen LogP contribution in [0.2, 0.25) is 0 Å². The van der Waals surface area contributed by atoms with Crippen LogP contribution in [0.5, 0.6) is 0 Å². The van der Waals surface area contributed by atoms with Crippen LogP contribution in [0.15, 0.2) is 48.5 Å².